The highest BCUT2D eigenvalue weighted by atomic mass is 16.3. The molecule has 7 heteroatoms. The Balaban J connectivity index is 1.65. The fourth-order valence-electron chi connectivity index (χ4n) is 3.09. The first kappa shape index (κ1) is 18.4. The highest BCUT2D eigenvalue weighted by Crippen LogP contribution is 2.18. The van der Waals surface area contributed by atoms with Crippen molar-refractivity contribution in [2.75, 3.05) is 0 Å². The quantitative estimate of drug-likeness (QED) is 0.560. The van der Waals surface area contributed by atoms with E-state index >= 15 is 0 Å². The lowest BCUT2D eigenvalue weighted by molar-refractivity contribution is 0.120. The van der Waals surface area contributed by atoms with Crippen molar-refractivity contribution < 1.29 is 5.11 Å². The van der Waals surface area contributed by atoms with Crippen LogP contribution in [0.15, 0.2) is 35.3 Å². The van der Waals surface area contributed by atoms with Crippen molar-refractivity contribution in [2.45, 2.75) is 57.8 Å². The molecule has 0 unspecified atom stereocenters. The Bertz CT molecular complexity index is 719. The molecule has 0 atom stereocenters. The van der Waals surface area contributed by atoms with Crippen molar-refractivity contribution in [3.63, 3.8) is 0 Å². The molecule has 0 spiro atoms. The predicted molar refractivity (Wildman–Crippen MR) is 102 cm³/mol. The monoisotopic (exact) mass is 356 g/mol. The molecule has 1 aromatic heterocycles. The van der Waals surface area contributed by atoms with Gasteiger partial charge >= 0.3 is 0 Å². The van der Waals surface area contributed by atoms with Crippen LogP contribution in [0, 0.1) is 6.92 Å². The summed E-state index contributed by atoms with van der Waals surface area (Å²) in [5.74, 6) is 2.53. The number of aliphatic hydroxyl groups is 1. The van der Waals surface area contributed by atoms with Crippen molar-refractivity contribution in [2.24, 2.45) is 12.0 Å². The average molecular weight is 356 g/mol. The van der Waals surface area contributed by atoms with E-state index in [1.807, 2.05) is 36.7 Å². The molecule has 3 rings (SSSR count). The van der Waals surface area contributed by atoms with Gasteiger partial charge in [-0.2, -0.15) is 0 Å². The van der Waals surface area contributed by atoms with Gasteiger partial charge in [-0.3, -0.25) is 0 Å². The maximum absolute atomic E-state index is 9.71. The Kier molecular flexibility index (Phi) is 6.22. The van der Waals surface area contributed by atoms with Gasteiger partial charge in [0.2, 0.25) is 0 Å². The molecule has 1 fully saturated rings. The van der Waals surface area contributed by atoms with Crippen LogP contribution in [0.2, 0.25) is 0 Å². The van der Waals surface area contributed by atoms with Crippen molar-refractivity contribution in [1.82, 2.24) is 25.4 Å². The molecule has 0 saturated heterocycles. The van der Waals surface area contributed by atoms with Gasteiger partial charge in [0.05, 0.1) is 19.2 Å². The zero-order valence-corrected chi connectivity index (χ0v) is 15.5. The first-order chi connectivity index (χ1) is 12.6. The maximum Gasteiger partial charge on any atom is 0.192 e. The fraction of sp³-hybridized carbons (Fsp3) is 0.526. The van der Waals surface area contributed by atoms with Crippen LogP contribution in [0.3, 0.4) is 0 Å². The number of aliphatic hydroxyl groups excluding tert-OH is 1. The van der Waals surface area contributed by atoms with Crippen molar-refractivity contribution in [1.29, 1.82) is 0 Å². The third-order valence-electron chi connectivity index (χ3n) is 4.90. The number of aliphatic imine (C=N–C) groups is 1. The normalized spacial score (nSPS) is 20.8. The minimum Gasteiger partial charge on any atom is -0.393 e. The first-order valence-corrected chi connectivity index (χ1v) is 9.23. The predicted octanol–water partition coefficient (Wildman–Crippen LogP) is 1.66. The van der Waals surface area contributed by atoms with Gasteiger partial charge in [0, 0.05) is 13.1 Å². The van der Waals surface area contributed by atoms with Gasteiger partial charge in [-0.25, -0.2) is 4.99 Å². The molecular formula is C19H28N6O. The average Bonchev–Trinajstić information content (AvgIpc) is 2.98. The van der Waals surface area contributed by atoms with Crippen LogP contribution in [0.4, 0.5) is 0 Å². The third kappa shape index (κ3) is 5.05. The topological polar surface area (TPSA) is 87.4 Å². The largest absolute Gasteiger partial charge is 0.393 e. The summed E-state index contributed by atoms with van der Waals surface area (Å²) in [4.78, 5) is 4.73. The van der Waals surface area contributed by atoms with Crippen LogP contribution in [0.1, 0.15) is 42.9 Å². The molecule has 2 aromatic rings. The van der Waals surface area contributed by atoms with Crippen LogP contribution < -0.4 is 10.6 Å². The summed E-state index contributed by atoms with van der Waals surface area (Å²) in [5.41, 5.74) is 1.17. The molecule has 1 saturated carbocycles. The highest BCUT2D eigenvalue weighted by molar-refractivity contribution is 5.80. The van der Waals surface area contributed by atoms with Gasteiger partial charge in [0.1, 0.15) is 5.82 Å². The highest BCUT2D eigenvalue weighted by Gasteiger charge is 2.20. The summed E-state index contributed by atoms with van der Waals surface area (Å²) in [6.45, 7) is 3.11. The summed E-state index contributed by atoms with van der Waals surface area (Å²) < 4.78 is 1.97. The molecule has 26 heavy (non-hydrogen) atoms. The lowest BCUT2D eigenvalue weighted by atomic mass is 9.93. The van der Waals surface area contributed by atoms with E-state index in [2.05, 4.69) is 33.0 Å². The number of aryl methyl sites for hydroxylation is 1. The van der Waals surface area contributed by atoms with E-state index in [1.54, 1.807) is 0 Å². The van der Waals surface area contributed by atoms with Gasteiger partial charge in [-0.05, 0) is 38.2 Å². The van der Waals surface area contributed by atoms with Crippen molar-refractivity contribution in [3.8, 4) is 0 Å². The molecule has 0 bridgehead atoms. The summed E-state index contributed by atoms with van der Waals surface area (Å²) in [5, 5.41) is 24.9. The number of hydrogen-bond donors (Lipinski definition) is 3. The van der Waals surface area contributed by atoms with E-state index in [0.717, 1.165) is 43.3 Å². The Morgan fingerprint density at radius 1 is 1.19 bits per heavy atom. The molecule has 1 aliphatic rings. The number of nitrogens with zero attached hydrogens (tertiary/aromatic N) is 4. The number of aromatic nitrogens is 3. The zero-order valence-electron chi connectivity index (χ0n) is 15.5. The van der Waals surface area contributed by atoms with E-state index in [0.29, 0.717) is 19.1 Å². The second-order valence-electron chi connectivity index (χ2n) is 6.88. The van der Waals surface area contributed by atoms with Crippen LogP contribution in [-0.2, 0) is 20.1 Å². The number of nitrogens with one attached hydrogen (secondary N) is 2. The van der Waals surface area contributed by atoms with E-state index in [1.165, 1.54) is 5.56 Å². The molecule has 3 N–H and O–H groups in total. The molecule has 7 nitrogen and oxygen atoms in total. The van der Waals surface area contributed by atoms with Crippen LogP contribution in [0.5, 0.6) is 0 Å². The Labute approximate surface area is 154 Å². The minimum absolute atomic E-state index is 0.160. The molecule has 1 aromatic carbocycles. The Morgan fingerprint density at radius 3 is 2.58 bits per heavy atom. The van der Waals surface area contributed by atoms with Gasteiger partial charge in [0.15, 0.2) is 11.8 Å². The zero-order chi connectivity index (χ0) is 18.4. The molecule has 0 radical (unpaired) electrons. The van der Waals surface area contributed by atoms with Crippen molar-refractivity contribution in [3.05, 3.63) is 47.5 Å². The summed E-state index contributed by atoms with van der Waals surface area (Å²) >= 11 is 0. The molecule has 0 amide bonds. The lowest BCUT2D eigenvalue weighted by Crippen LogP contribution is -2.45. The molecule has 1 aliphatic carbocycles. The van der Waals surface area contributed by atoms with Crippen LogP contribution in [-0.4, -0.2) is 38.0 Å². The standard InChI is InChI=1S/C19H28N6O/c1-14-23-24-18(25(14)2)13-21-19(20-12-15-6-4-3-5-7-15)22-16-8-10-17(26)11-9-16/h3-7,16-17,26H,8-13H2,1-2H3,(H2,20,21,22). The smallest absolute Gasteiger partial charge is 0.192 e. The van der Waals surface area contributed by atoms with Gasteiger partial charge in [0.25, 0.3) is 0 Å². The number of guanidine groups is 1. The Morgan fingerprint density at radius 2 is 1.92 bits per heavy atom. The Hall–Kier alpha value is -2.41. The summed E-state index contributed by atoms with van der Waals surface area (Å²) in [6, 6.07) is 10.5. The lowest BCUT2D eigenvalue weighted by Gasteiger charge is -2.27. The minimum atomic E-state index is -0.160. The van der Waals surface area contributed by atoms with Gasteiger partial charge < -0.3 is 20.3 Å². The van der Waals surface area contributed by atoms with Crippen LogP contribution >= 0.6 is 0 Å². The SMILES string of the molecule is Cc1nnc(CNC(=NCc2ccccc2)NC2CCC(O)CC2)n1C. The summed E-state index contributed by atoms with van der Waals surface area (Å²) in [6.07, 6.45) is 3.43. The number of benzene rings is 1. The van der Waals surface area contributed by atoms with E-state index in [-0.39, 0.29) is 6.10 Å². The molecule has 1 heterocycles. The number of rotatable bonds is 5. The second kappa shape index (κ2) is 8.80. The third-order valence-corrected chi connectivity index (χ3v) is 4.90. The van der Waals surface area contributed by atoms with E-state index in [4.69, 9.17) is 4.99 Å². The summed E-state index contributed by atoms with van der Waals surface area (Å²) in [7, 11) is 1.96. The van der Waals surface area contributed by atoms with E-state index in [9.17, 15) is 5.11 Å². The fourth-order valence-corrected chi connectivity index (χ4v) is 3.09. The van der Waals surface area contributed by atoms with Gasteiger partial charge in [-0.1, -0.05) is 30.3 Å². The van der Waals surface area contributed by atoms with Crippen LogP contribution in [0.25, 0.3) is 0 Å². The number of hydrogen-bond acceptors (Lipinski definition) is 4. The first-order valence-electron chi connectivity index (χ1n) is 9.23. The second-order valence-corrected chi connectivity index (χ2v) is 6.88. The molecule has 140 valence electrons. The van der Waals surface area contributed by atoms with Gasteiger partial charge in [-0.15, -0.1) is 10.2 Å². The molecule has 0 aliphatic heterocycles. The molecular weight excluding hydrogens is 328 g/mol. The van der Waals surface area contributed by atoms with E-state index < -0.39 is 0 Å². The maximum atomic E-state index is 9.71. The van der Waals surface area contributed by atoms with Crippen molar-refractivity contribution >= 4 is 5.96 Å².